The average Bonchev–Trinajstić information content (AvgIpc) is 3.10. The number of ether oxygens (including phenoxy) is 1. The van der Waals surface area contributed by atoms with E-state index in [1.165, 1.54) is 0 Å². The molecule has 0 N–H and O–H groups in total. The van der Waals surface area contributed by atoms with E-state index < -0.39 is 0 Å². The number of nitrogens with zero attached hydrogens (tertiary/aromatic N) is 5. The molecule has 3 heterocycles. The van der Waals surface area contributed by atoms with E-state index in [1.807, 2.05) is 60.9 Å². The Morgan fingerprint density at radius 2 is 1.81 bits per heavy atom. The van der Waals surface area contributed by atoms with Gasteiger partial charge in [0.15, 0.2) is 11.3 Å². The Morgan fingerprint density at radius 1 is 1.00 bits per heavy atom. The van der Waals surface area contributed by atoms with Gasteiger partial charge in [0.05, 0.1) is 17.4 Å². The van der Waals surface area contributed by atoms with Crippen molar-refractivity contribution in [1.82, 2.24) is 24.1 Å². The lowest BCUT2D eigenvalue weighted by atomic mass is 10.2. The van der Waals surface area contributed by atoms with Crippen molar-refractivity contribution < 1.29 is 4.74 Å². The molecule has 0 atom stereocenters. The number of aromatic nitrogens is 5. The molecular formula is C24H23N5O2. The first kappa shape index (κ1) is 19.4. The summed E-state index contributed by atoms with van der Waals surface area (Å²) in [6.45, 7) is 5.81. The van der Waals surface area contributed by atoms with Gasteiger partial charge in [-0.15, -0.1) is 0 Å². The van der Waals surface area contributed by atoms with Gasteiger partial charge >= 0.3 is 0 Å². The molecule has 2 aromatic carbocycles. The van der Waals surface area contributed by atoms with E-state index in [9.17, 15) is 4.79 Å². The second-order valence-corrected chi connectivity index (χ2v) is 7.55. The molecule has 0 aliphatic carbocycles. The summed E-state index contributed by atoms with van der Waals surface area (Å²) in [7, 11) is 0. The molecule has 0 unspecified atom stereocenters. The molecule has 7 nitrogen and oxygen atoms in total. The molecule has 0 bridgehead atoms. The Hall–Kier alpha value is -3.58. The first-order chi connectivity index (χ1) is 15.2. The van der Waals surface area contributed by atoms with Crippen LogP contribution in [0.3, 0.4) is 0 Å². The zero-order valence-corrected chi connectivity index (χ0v) is 17.6. The lowest BCUT2D eigenvalue weighted by Gasteiger charge is -2.08. The molecule has 0 amide bonds. The van der Waals surface area contributed by atoms with Crippen molar-refractivity contribution in [2.45, 2.75) is 26.8 Å². The van der Waals surface area contributed by atoms with Gasteiger partial charge in [0.1, 0.15) is 10.9 Å². The van der Waals surface area contributed by atoms with E-state index in [0.717, 1.165) is 28.7 Å². The average molecular weight is 413 g/mol. The van der Waals surface area contributed by atoms with Gasteiger partial charge in [-0.2, -0.15) is 0 Å². The molecule has 7 heteroatoms. The predicted molar refractivity (Wildman–Crippen MR) is 122 cm³/mol. The maximum atomic E-state index is 13.5. The van der Waals surface area contributed by atoms with Crippen LogP contribution in [0.4, 0.5) is 0 Å². The maximum absolute atomic E-state index is 13.5. The Balaban J connectivity index is 1.81. The first-order valence-corrected chi connectivity index (χ1v) is 10.5. The molecule has 0 fully saturated rings. The number of hydrogen-bond donors (Lipinski definition) is 0. The van der Waals surface area contributed by atoms with Crippen molar-refractivity contribution in [3.8, 4) is 5.69 Å². The fourth-order valence-electron chi connectivity index (χ4n) is 3.92. The molecular weight excluding hydrogens is 390 g/mol. The van der Waals surface area contributed by atoms with Crippen molar-refractivity contribution in [3.05, 3.63) is 70.8 Å². The summed E-state index contributed by atoms with van der Waals surface area (Å²) in [4.78, 5) is 27.8. The SMILES string of the molecule is CCOCCCn1cnc2c(c1=O)c1nc3ccccc3nc1n2-c1cccc(C)c1. The van der Waals surface area contributed by atoms with E-state index in [0.29, 0.717) is 42.0 Å². The number of fused-ring (bicyclic) bond motifs is 4. The van der Waals surface area contributed by atoms with E-state index in [4.69, 9.17) is 14.7 Å². The number of aryl methyl sites for hydroxylation is 2. The van der Waals surface area contributed by atoms with Crippen LogP contribution in [0.25, 0.3) is 38.9 Å². The van der Waals surface area contributed by atoms with Crippen molar-refractivity contribution in [1.29, 1.82) is 0 Å². The zero-order chi connectivity index (χ0) is 21.4. The topological polar surface area (TPSA) is 74.8 Å². The lowest BCUT2D eigenvalue weighted by molar-refractivity contribution is 0.141. The Kier molecular flexibility index (Phi) is 4.95. The van der Waals surface area contributed by atoms with Crippen LogP contribution in [0, 0.1) is 6.92 Å². The summed E-state index contributed by atoms with van der Waals surface area (Å²) < 4.78 is 8.98. The highest BCUT2D eigenvalue weighted by Crippen LogP contribution is 2.28. The summed E-state index contributed by atoms with van der Waals surface area (Å²) in [5.41, 5.74) is 5.23. The van der Waals surface area contributed by atoms with Crippen LogP contribution in [-0.2, 0) is 11.3 Å². The van der Waals surface area contributed by atoms with Crippen LogP contribution in [0.1, 0.15) is 18.9 Å². The quantitative estimate of drug-likeness (QED) is 0.393. The van der Waals surface area contributed by atoms with Crippen molar-refractivity contribution in [2.24, 2.45) is 0 Å². The molecule has 0 aliphatic rings. The minimum atomic E-state index is -0.109. The normalized spacial score (nSPS) is 11.7. The molecule has 0 saturated heterocycles. The highest BCUT2D eigenvalue weighted by molar-refractivity contribution is 6.05. The molecule has 3 aromatic heterocycles. The highest BCUT2D eigenvalue weighted by atomic mass is 16.5. The molecule has 0 aliphatic heterocycles. The van der Waals surface area contributed by atoms with E-state index >= 15 is 0 Å². The zero-order valence-electron chi connectivity index (χ0n) is 17.6. The third kappa shape index (κ3) is 3.37. The van der Waals surface area contributed by atoms with Gasteiger partial charge in [0, 0.05) is 25.4 Å². The lowest BCUT2D eigenvalue weighted by Crippen LogP contribution is -2.21. The fourth-order valence-corrected chi connectivity index (χ4v) is 3.92. The van der Waals surface area contributed by atoms with Gasteiger partial charge in [0.2, 0.25) is 0 Å². The Labute approximate surface area is 179 Å². The van der Waals surface area contributed by atoms with Crippen LogP contribution in [-0.4, -0.2) is 37.3 Å². The highest BCUT2D eigenvalue weighted by Gasteiger charge is 2.20. The molecule has 5 aromatic rings. The summed E-state index contributed by atoms with van der Waals surface area (Å²) in [5.74, 6) is 0. The summed E-state index contributed by atoms with van der Waals surface area (Å²) in [5, 5.41) is 0.494. The maximum Gasteiger partial charge on any atom is 0.265 e. The van der Waals surface area contributed by atoms with Gasteiger partial charge in [-0.1, -0.05) is 24.3 Å². The second-order valence-electron chi connectivity index (χ2n) is 7.55. The van der Waals surface area contributed by atoms with Crippen LogP contribution < -0.4 is 5.56 Å². The van der Waals surface area contributed by atoms with Gasteiger partial charge in [0.25, 0.3) is 5.56 Å². The standard InChI is InChI=1S/C24H23N5O2/c1-3-31-13-7-12-28-15-25-22-20(24(28)30)21-23(27-19-11-5-4-10-18(19)26-21)29(22)17-9-6-8-16(2)14-17/h4-6,8-11,14-15H,3,7,12-13H2,1-2H3. The van der Waals surface area contributed by atoms with Crippen molar-refractivity contribution in [3.63, 3.8) is 0 Å². The van der Waals surface area contributed by atoms with E-state index in [1.54, 1.807) is 10.9 Å². The van der Waals surface area contributed by atoms with Crippen LogP contribution in [0.2, 0.25) is 0 Å². The Bertz CT molecular complexity index is 1470. The summed E-state index contributed by atoms with van der Waals surface area (Å²) >= 11 is 0. The third-order valence-electron chi connectivity index (χ3n) is 5.38. The number of para-hydroxylation sites is 2. The van der Waals surface area contributed by atoms with Crippen molar-refractivity contribution in [2.75, 3.05) is 13.2 Å². The molecule has 5 rings (SSSR count). The predicted octanol–water partition coefficient (Wildman–Crippen LogP) is 4.02. The molecule has 0 spiro atoms. The van der Waals surface area contributed by atoms with Gasteiger partial charge < -0.3 is 4.74 Å². The second kappa shape index (κ2) is 7.92. The summed E-state index contributed by atoms with van der Waals surface area (Å²) in [6, 6.07) is 15.8. The number of rotatable bonds is 6. The van der Waals surface area contributed by atoms with E-state index in [-0.39, 0.29) is 5.56 Å². The molecule has 31 heavy (non-hydrogen) atoms. The van der Waals surface area contributed by atoms with Gasteiger partial charge in [-0.3, -0.25) is 13.9 Å². The van der Waals surface area contributed by atoms with Crippen LogP contribution in [0.5, 0.6) is 0 Å². The third-order valence-corrected chi connectivity index (χ3v) is 5.38. The van der Waals surface area contributed by atoms with Gasteiger partial charge in [-0.25, -0.2) is 15.0 Å². The van der Waals surface area contributed by atoms with Crippen molar-refractivity contribution >= 4 is 33.2 Å². The number of hydrogen-bond acceptors (Lipinski definition) is 5. The molecule has 0 radical (unpaired) electrons. The van der Waals surface area contributed by atoms with Crippen LogP contribution >= 0.6 is 0 Å². The Morgan fingerprint density at radius 3 is 2.58 bits per heavy atom. The smallest absolute Gasteiger partial charge is 0.265 e. The molecule has 156 valence electrons. The van der Waals surface area contributed by atoms with Gasteiger partial charge in [-0.05, 0) is 50.1 Å². The minimum absolute atomic E-state index is 0.109. The van der Waals surface area contributed by atoms with E-state index in [2.05, 4.69) is 11.1 Å². The fraction of sp³-hybridized carbons (Fsp3) is 0.250. The summed E-state index contributed by atoms with van der Waals surface area (Å²) in [6.07, 6.45) is 2.35. The first-order valence-electron chi connectivity index (χ1n) is 10.5. The largest absolute Gasteiger partial charge is 0.382 e. The number of benzene rings is 2. The monoisotopic (exact) mass is 413 g/mol. The molecule has 0 saturated carbocycles. The minimum Gasteiger partial charge on any atom is -0.382 e. The van der Waals surface area contributed by atoms with Crippen LogP contribution in [0.15, 0.2) is 59.7 Å².